The normalized spacial score (nSPS) is 24.5. The molecule has 1 aliphatic carbocycles. The Bertz CT molecular complexity index is 664. The Balaban J connectivity index is 1.60. The van der Waals surface area contributed by atoms with Crippen molar-refractivity contribution < 1.29 is 0 Å². The van der Waals surface area contributed by atoms with Crippen molar-refractivity contribution in [2.45, 2.75) is 38.3 Å². The zero-order valence-electron chi connectivity index (χ0n) is 13.0. The summed E-state index contributed by atoms with van der Waals surface area (Å²) in [6, 6.07) is 18.0. The minimum atomic E-state index is 0.664. The van der Waals surface area contributed by atoms with Gasteiger partial charge < -0.3 is 5.73 Å². The molecule has 2 heteroatoms. The van der Waals surface area contributed by atoms with Crippen LogP contribution in [0.5, 0.6) is 0 Å². The van der Waals surface area contributed by atoms with Crippen molar-refractivity contribution in [1.82, 2.24) is 4.90 Å². The molecule has 2 aliphatic heterocycles. The van der Waals surface area contributed by atoms with Crippen LogP contribution in [0.2, 0.25) is 0 Å². The van der Waals surface area contributed by atoms with Crippen molar-refractivity contribution in [3.63, 3.8) is 0 Å². The predicted octanol–water partition coefficient (Wildman–Crippen LogP) is 3.65. The van der Waals surface area contributed by atoms with E-state index in [1.54, 1.807) is 11.1 Å². The molecule has 2 atom stereocenters. The topological polar surface area (TPSA) is 29.3 Å². The lowest BCUT2D eigenvalue weighted by molar-refractivity contribution is 0.0940. The minimum absolute atomic E-state index is 0.664. The average Bonchev–Trinajstić information content (AvgIpc) is 2.50. The number of benzene rings is 2. The van der Waals surface area contributed by atoms with Gasteiger partial charge in [0.25, 0.3) is 0 Å². The third kappa shape index (κ3) is 2.64. The van der Waals surface area contributed by atoms with E-state index >= 15 is 0 Å². The summed E-state index contributed by atoms with van der Waals surface area (Å²) in [5, 5.41) is 0. The van der Waals surface area contributed by atoms with Gasteiger partial charge in [-0.05, 0) is 54.4 Å². The summed E-state index contributed by atoms with van der Waals surface area (Å²) in [7, 11) is 0. The van der Waals surface area contributed by atoms with Crippen LogP contribution in [0.25, 0.3) is 0 Å². The number of nitrogens with zero attached hydrogens (tertiary/aromatic N) is 1. The first-order chi connectivity index (χ1) is 10.8. The van der Waals surface area contributed by atoms with Crippen LogP contribution >= 0.6 is 0 Å². The zero-order valence-corrected chi connectivity index (χ0v) is 13.0. The van der Waals surface area contributed by atoms with E-state index in [4.69, 9.17) is 5.73 Å². The highest BCUT2D eigenvalue weighted by Gasteiger charge is 2.31. The van der Waals surface area contributed by atoms with Crippen LogP contribution in [0.3, 0.4) is 0 Å². The third-order valence-corrected chi connectivity index (χ3v) is 5.43. The first kappa shape index (κ1) is 13.8. The number of anilines is 1. The van der Waals surface area contributed by atoms with Gasteiger partial charge in [0.15, 0.2) is 0 Å². The maximum atomic E-state index is 6.16. The van der Waals surface area contributed by atoms with Gasteiger partial charge in [-0.25, -0.2) is 0 Å². The van der Waals surface area contributed by atoms with Gasteiger partial charge in [-0.3, -0.25) is 4.90 Å². The van der Waals surface area contributed by atoms with Crippen molar-refractivity contribution >= 4 is 5.69 Å². The van der Waals surface area contributed by atoms with Crippen LogP contribution in [0.15, 0.2) is 48.5 Å². The smallest absolute Gasteiger partial charge is 0.0359 e. The number of nitrogens with two attached hydrogens (primary N) is 1. The summed E-state index contributed by atoms with van der Waals surface area (Å²) in [5.74, 6) is 0.794. The Morgan fingerprint density at radius 2 is 1.64 bits per heavy atom. The molecule has 2 aromatic carbocycles. The molecule has 3 aliphatic rings. The maximum absolute atomic E-state index is 6.16. The van der Waals surface area contributed by atoms with E-state index in [-0.39, 0.29) is 0 Å². The van der Waals surface area contributed by atoms with E-state index in [1.807, 2.05) is 12.1 Å². The molecule has 0 amide bonds. The summed E-state index contributed by atoms with van der Waals surface area (Å²) in [5.41, 5.74) is 11.5. The summed E-state index contributed by atoms with van der Waals surface area (Å²) in [6.45, 7) is 2.21. The van der Waals surface area contributed by atoms with E-state index in [0.717, 1.165) is 18.2 Å². The number of hydrogen-bond donors (Lipinski definition) is 1. The highest BCUT2D eigenvalue weighted by Crippen LogP contribution is 2.33. The number of para-hydroxylation sites is 1. The Kier molecular flexibility index (Phi) is 3.63. The predicted molar refractivity (Wildman–Crippen MR) is 91.6 cm³/mol. The zero-order chi connectivity index (χ0) is 14.9. The molecule has 2 heterocycles. The first-order valence-corrected chi connectivity index (χ1v) is 8.44. The Morgan fingerprint density at radius 3 is 2.45 bits per heavy atom. The molecular formula is C20H24N2. The molecule has 2 nitrogen and oxygen atoms in total. The molecule has 1 fully saturated rings. The standard InChI is InChI=1S/C20H24N2/c21-20-8-4-3-7-18(20)14-22-13-15-9-10-19(22)12-17-6-2-1-5-16(17)11-15/h1-8,15,19H,9-14,21H2/t15-,19+/m0/s1. The van der Waals surface area contributed by atoms with Crippen molar-refractivity contribution in [2.75, 3.05) is 12.3 Å². The number of nitrogen functional groups attached to an aromatic ring is 1. The molecule has 22 heavy (non-hydrogen) atoms. The van der Waals surface area contributed by atoms with E-state index in [0.29, 0.717) is 6.04 Å². The molecule has 0 spiro atoms. The highest BCUT2D eigenvalue weighted by molar-refractivity contribution is 5.46. The van der Waals surface area contributed by atoms with E-state index < -0.39 is 0 Å². The molecule has 2 aromatic rings. The van der Waals surface area contributed by atoms with Crippen molar-refractivity contribution in [3.8, 4) is 0 Å². The van der Waals surface area contributed by atoms with Crippen LogP contribution in [-0.4, -0.2) is 17.5 Å². The molecular weight excluding hydrogens is 268 g/mol. The molecule has 0 unspecified atom stereocenters. The summed E-state index contributed by atoms with van der Waals surface area (Å²) >= 11 is 0. The van der Waals surface area contributed by atoms with Crippen LogP contribution in [0.4, 0.5) is 5.69 Å². The van der Waals surface area contributed by atoms with Gasteiger partial charge in [0, 0.05) is 24.8 Å². The number of fused-ring (bicyclic) bond motifs is 2. The molecule has 1 saturated heterocycles. The van der Waals surface area contributed by atoms with Gasteiger partial charge in [0.1, 0.15) is 0 Å². The van der Waals surface area contributed by atoms with Gasteiger partial charge in [-0.15, -0.1) is 0 Å². The quantitative estimate of drug-likeness (QED) is 0.856. The Labute approximate surface area is 132 Å². The maximum Gasteiger partial charge on any atom is 0.0359 e. The van der Waals surface area contributed by atoms with E-state index in [9.17, 15) is 0 Å². The second-order valence-corrected chi connectivity index (χ2v) is 6.90. The summed E-state index contributed by atoms with van der Waals surface area (Å²) < 4.78 is 0. The van der Waals surface area contributed by atoms with Crippen molar-refractivity contribution in [1.29, 1.82) is 0 Å². The molecule has 114 valence electrons. The fourth-order valence-electron chi connectivity index (χ4n) is 4.19. The lowest BCUT2D eigenvalue weighted by atomic mass is 9.80. The lowest BCUT2D eigenvalue weighted by Crippen LogP contribution is -2.46. The van der Waals surface area contributed by atoms with E-state index in [1.165, 1.54) is 37.8 Å². The number of hydrogen-bond acceptors (Lipinski definition) is 2. The van der Waals surface area contributed by atoms with Gasteiger partial charge in [-0.2, -0.15) is 0 Å². The average molecular weight is 292 g/mol. The van der Waals surface area contributed by atoms with Gasteiger partial charge in [0.05, 0.1) is 0 Å². The van der Waals surface area contributed by atoms with Gasteiger partial charge in [0.2, 0.25) is 0 Å². The summed E-state index contributed by atoms with van der Waals surface area (Å²) in [4.78, 5) is 2.68. The van der Waals surface area contributed by atoms with Crippen LogP contribution < -0.4 is 5.73 Å². The second-order valence-electron chi connectivity index (χ2n) is 6.90. The lowest BCUT2D eigenvalue weighted by Gasteiger charge is -2.42. The number of piperidine rings is 1. The van der Waals surface area contributed by atoms with Crippen LogP contribution in [0, 0.1) is 5.92 Å². The van der Waals surface area contributed by atoms with Crippen molar-refractivity contribution in [3.05, 3.63) is 65.2 Å². The number of rotatable bonds is 2. The molecule has 2 N–H and O–H groups in total. The Hall–Kier alpha value is -1.80. The fourth-order valence-corrected chi connectivity index (χ4v) is 4.19. The molecule has 2 bridgehead atoms. The molecule has 0 aromatic heterocycles. The van der Waals surface area contributed by atoms with E-state index in [2.05, 4.69) is 41.3 Å². The fraction of sp³-hybridized carbons (Fsp3) is 0.400. The Morgan fingerprint density at radius 1 is 0.909 bits per heavy atom. The molecule has 0 saturated carbocycles. The largest absolute Gasteiger partial charge is 0.398 e. The molecule has 0 radical (unpaired) electrons. The third-order valence-electron chi connectivity index (χ3n) is 5.43. The second kappa shape index (κ2) is 5.77. The first-order valence-electron chi connectivity index (χ1n) is 8.44. The minimum Gasteiger partial charge on any atom is -0.398 e. The summed E-state index contributed by atoms with van der Waals surface area (Å²) in [6.07, 6.45) is 5.13. The van der Waals surface area contributed by atoms with Gasteiger partial charge >= 0.3 is 0 Å². The van der Waals surface area contributed by atoms with Crippen molar-refractivity contribution in [2.24, 2.45) is 5.92 Å². The highest BCUT2D eigenvalue weighted by atomic mass is 15.2. The van der Waals surface area contributed by atoms with Crippen LogP contribution in [-0.2, 0) is 19.4 Å². The molecule has 5 rings (SSSR count). The monoisotopic (exact) mass is 292 g/mol. The SMILES string of the molecule is Nc1ccccc1CN1C[C@H]2CC[C@@H]1Cc1ccccc1C2. The van der Waals surface area contributed by atoms with Gasteiger partial charge in [-0.1, -0.05) is 42.5 Å². The van der Waals surface area contributed by atoms with Crippen LogP contribution in [0.1, 0.15) is 29.5 Å².